The minimum atomic E-state index is -0.269. The summed E-state index contributed by atoms with van der Waals surface area (Å²) in [5.74, 6) is 1.07. The topological polar surface area (TPSA) is 41.6 Å². The van der Waals surface area contributed by atoms with Crippen LogP contribution in [0, 0.1) is 5.41 Å². The lowest BCUT2D eigenvalue weighted by atomic mass is 9.88. The zero-order valence-electron chi connectivity index (χ0n) is 12.6. The van der Waals surface area contributed by atoms with Gasteiger partial charge in [-0.3, -0.25) is 4.79 Å². The Balaban J connectivity index is 2.07. The van der Waals surface area contributed by atoms with Gasteiger partial charge in [-0.15, -0.1) is 0 Å². The molecule has 1 aromatic carbocycles. The molecule has 20 heavy (non-hydrogen) atoms. The van der Waals surface area contributed by atoms with E-state index >= 15 is 0 Å². The molecule has 4 nitrogen and oxygen atoms in total. The van der Waals surface area contributed by atoms with Crippen LogP contribution in [0.1, 0.15) is 25.8 Å². The first-order chi connectivity index (χ1) is 9.57. The van der Waals surface area contributed by atoms with Crippen LogP contribution in [0.5, 0.6) is 5.75 Å². The summed E-state index contributed by atoms with van der Waals surface area (Å²) in [7, 11) is 1.87. The number of para-hydroxylation sites is 1. The predicted octanol–water partition coefficient (Wildman–Crippen LogP) is 2.04. The highest BCUT2D eigenvalue weighted by atomic mass is 16.5. The highest BCUT2D eigenvalue weighted by Gasteiger charge is 2.38. The highest BCUT2D eigenvalue weighted by Crippen LogP contribution is 2.28. The summed E-state index contributed by atoms with van der Waals surface area (Å²) in [5, 5.41) is 3.27. The van der Waals surface area contributed by atoms with Crippen LogP contribution in [0.4, 0.5) is 0 Å². The van der Waals surface area contributed by atoms with Gasteiger partial charge in [-0.05, 0) is 32.9 Å². The van der Waals surface area contributed by atoms with Crippen molar-refractivity contribution in [1.29, 1.82) is 0 Å². The molecule has 110 valence electrons. The van der Waals surface area contributed by atoms with Crippen LogP contribution >= 0.6 is 0 Å². The first-order valence-corrected chi connectivity index (χ1v) is 7.24. The van der Waals surface area contributed by atoms with E-state index in [-0.39, 0.29) is 11.3 Å². The van der Waals surface area contributed by atoms with Crippen molar-refractivity contribution >= 4 is 5.91 Å². The second-order valence-corrected chi connectivity index (χ2v) is 5.69. The molecule has 1 atom stereocenters. The van der Waals surface area contributed by atoms with Crippen LogP contribution in [0.3, 0.4) is 0 Å². The number of nitrogens with one attached hydrogen (secondary N) is 1. The molecule has 1 N–H and O–H groups in total. The smallest absolute Gasteiger partial charge is 0.229 e. The number of carbonyl (C=O) groups excluding carboxylic acids is 1. The molecule has 1 aliphatic rings. The minimum absolute atomic E-state index is 0.203. The summed E-state index contributed by atoms with van der Waals surface area (Å²) in [6.07, 6.45) is 0.906. The zero-order chi connectivity index (χ0) is 14.6. The van der Waals surface area contributed by atoms with Crippen LogP contribution in [0.15, 0.2) is 24.3 Å². The minimum Gasteiger partial charge on any atom is -0.494 e. The Bertz CT molecular complexity index is 467. The number of hydrogen-bond donors (Lipinski definition) is 1. The third-order valence-electron chi connectivity index (χ3n) is 3.91. The Morgan fingerprint density at radius 2 is 2.20 bits per heavy atom. The van der Waals surface area contributed by atoms with E-state index in [1.165, 1.54) is 0 Å². The number of amides is 1. The van der Waals surface area contributed by atoms with Crippen LogP contribution < -0.4 is 10.1 Å². The molecule has 1 aliphatic heterocycles. The maximum Gasteiger partial charge on any atom is 0.229 e. The zero-order valence-corrected chi connectivity index (χ0v) is 12.6. The molecule has 1 saturated heterocycles. The fourth-order valence-electron chi connectivity index (χ4n) is 2.72. The largest absolute Gasteiger partial charge is 0.494 e. The van der Waals surface area contributed by atoms with Gasteiger partial charge < -0.3 is 15.0 Å². The lowest BCUT2D eigenvalue weighted by Gasteiger charge is -2.28. The summed E-state index contributed by atoms with van der Waals surface area (Å²) in [4.78, 5) is 14.4. The molecule has 1 aromatic rings. The summed E-state index contributed by atoms with van der Waals surface area (Å²) in [6, 6.07) is 7.91. The molecular weight excluding hydrogens is 252 g/mol. The second kappa shape index (κ2) is 6.27. The summed E-state index contributed by atoms with van der Waals surface area (Å²) < 4.78 is 5.62. The van der Waals surface area contributed by atoms with Gasteiger partial charge in [-0.1, -0.05) is 18.2 Å². The lowest BCUT2D eigenvalue weighted by Crippen LogP contribution is -2.41. The first kappa shape index (κ1) is 14.9. The number of ether oxygens (including phenoxy) is 1. The average molecular weight is 276 g/mol. The van der Waals surface area contributed by atoms with E-state index in [9.17, 15) is 4.79 Å². The fraction of sp³-hybridized carbons (Fsp3) is 0.562. The number of hydrogen-bond acceptors (Lipinski definition) is 3. The molecule has 2 rings (SSSR count). The maximum atomic E-state index is 12.6. The van der Waals surface area contributed by atoms with Crippen molar-refractivity contribution in [3.63, 3.8) is 0 Å². The van der Waals surface area contributed by atoms with Crippen molar-refractivity contribution < 1.29 is 9.53 Å². The number of nitrogens with zero attached hydrogens (tertiary/aromatic N) is 1. The third kappa shape index (κ3) is 3.12. The standard InChI is InChI=1S/C16H24N2O2/c1-4-20-14-8-6-5-7-13(14)11-18(3)15(19)16(2)9-10-17-12-16/h5-8,17H,4,9-12H2,1-3H3. The Labute approximate surface area is 121 Å². The van der Waals surface area contributed by atoms with Gasteiger partial charge >= 0.3 is 0 Å². The van der Waals surface area contributed by atoms with Gasteiger partial charge in [0.1, 0.15) is 5.75 Å². The van der Waals surface area contributed by atoms with E-state index in [1.807, 2.05) is 50.1 Å². The summed E-state index contributed by atoms with van der Waals surface area (Å²) >= 11 is 0. The van der Waals surface area contributed by atoms with Crippen molar-refractivity contribution in [2.24, 2.45) is 5.41 Å². The predicted molar refractivity (Wildman–Crippen MR) is 79.7 cm³/mol. The number of carbonyl (C=O) groups is 1. The SMILES string of the molecule is CCOc1ccccc1CN(C)C(=O)C1(C)CCNC1. The Hall–Kier alpha value is -1.55. The van der Waals surface area contributed by atoms with E-state index in [2.05, 4.69) is 5.32 Å². The van der Waals surface area contributed by atoms with Gasteiger partial charge in [-0.25, -0.2) is 0 Å². The van der Waals surface area contributed by atoms with Crippen molar-refractivity contribution in [3.05, 3.63) is 29.8 Å². The average Bonchev–Trinajstić information content (AvgIpc) is 2.88. The fourth-order valence-corrected chi connectivity index (χ4v) is 2.72. The van der Waals surface area contributed by atoms with Crippen LogP contribution in [-0.4, -0.2) is 37.6 Å². The molecule has 0 radical (unpaired) electrons. The van der Waals surface area contributed by atoms with Gasteiger partial charge in [0.05, 0.1) is 12.0 Å². The third-order valence-corrected chi connectivity index (χ3v) is 3.91. The Kier molecular flexibility index (Phi) is 4.65. The molecule has 4 heteroatoms. The van der Waals surface area contributed by atoms with Crippen molar-refractivity contribution in [3.8, 4) is 5.75 Å². The van der Waals surface area contributed by atoms with Crippen molar-refractivity contribution in [1.82, 2.24) is 10.2 Å². The number of rotatable bonds is 5. The van der Waals surface area contributed by atoms with Crippen molar-refractivity contribution in [2.75, 3.05) is 26.7 Å². The summed E-state index contributed by atoms with van der Waals surface area (Å²) in [6.45, 7) is 6.92. The van der Waals surface area contributed by atoms with Gasteiger partial charge in [0.25, 0.3) is 0 Å². The van der Waals surface area contributed by atoms with E-state index in [1.54, 1.807) is 0 Å². The second-order valence-electron chi connectivity index (χ2n) is 5.69. The molecule has 1 unspecified atom stereocenters. The first-order valence-electron chi connectivity index (χ1n) is 7.24. The van der Waals surface area contributed by atoms with Crippen LogP contribution in [-0.2, 0) is 11.3 Å². The maximum absolute atomic E-state index is 12.6. The highest BCUT2D eigenvalue weighted by molar-refractivity contribution is 5.82. The van der Waals surface area contributed by atoms with E-state index < -0.39 is 0 Å². The van der Waals surface area contributed by atoms with Gasteiger partial charge in [0, 0.05) is 25.7 Å². The molecule has 0 saturated carbocycles. The Morgan fingerprint density at radius 1 is 1.45 bits per heavy atom. The molecule has 1 amide bonds. The van der Waals surface area contributed by atoms with Gasteiger partial charge in [0.15, 0.2) is 0 Å². The molecular formula is C16H24N2O2. The van der Waals surface area contributed by atoms with Crippen LogP contribution in [0.25, 0.3) is 0 Å². The summed E-state index contributed by atoms with van der Waals surface area (Å²) in [5.41, 5.74) is 0.787. The van der Waals surface area contributed by atoms with Crippen molar-refractivity contribution in [2.45, 2.75) is 26.8 Å². The van der Waals surface area contributed by atoms with E-state index in [4.69, 9.17) is 4.74 Å². The normalized spacial score (nSPS) is 21.8. The lowest BCUT2D eigenvalue weighted by molar-refractivity contribution is -0.139. The van der Waals surface area contributed by atoms with Gasteiger partial charge in [-0.2, -0.15) is 0 Å². The molecule has 0 bridgehead atoms. The molecule has 0 aromatic heterocycles. The monoisotopic (exact) mass is 276 g/mol. The van der Waals surface area contributed by atoms with Crippen LogP contribution in [0.2, 0.25) is 0 Å². The van der Waals surface area contributed by atoms with E-state index in [0.29, 0.717) is 13.2 Å². The molecule has 0 spiro atoms. The molecule has 0 aliphatic carbocycles. The molecule has 1 heterocycles. The number of benzene rings is 1. The van der Waals surface area contributed by atoms with E-state index in [0.717, 1.165) is 30.8 Å². The van der Waals surface area contributed by atoms with Gasteiger partial charge in [0.2, 0.25) is 5.91 Å². The Morgan fingerprint density at radius 3 is 2.85 bits per heavy atom. The quantitative estimate of drug-likeness (QED) is 0.895. The molecule has 1 fully saturated rings.